The van der Waals surface area contributed by atoms with Crippen LogP contribution in [0.4, 0.5) is 11.9 Å². The molecule has 2 aliphatic heterocycles. The van der Waals surface area contributed by atoms with Crippen molar-refractivity contribution in [3.8, 4) is 6.07 Å². The number of anilines is 2. The van der Waals surface area contributed by atoms with Gasteiger partial charge in [0.15, 0.2) is 0 Å². The fraction of sp³-hybridized carbons (Fsp3) is 0.474. The summed E-state index contributed by atoms with van der Waals surface area (Å²) >= 11 is 0. The van der Waals surface area contributed by atoms with E-state index in [0.29, 0.717) is 31.0 Å². The van der Waals surface area contributed by atoms with Crippen molar-refractivity contribution >= 4 is 11.9 Å². The third-order valence-electron chi connectivity index (χ3n) is 4.98. The number of hydrogen-bond donors (Lipinski definition) is 0. The van der Waals surface area contributed by atoms with E-state index in [1.54, 1.807) is 0 Å². The SMILES string of the molecule is N#Cc1nc(N2CCOCC2)nc(N2CCCC(c3ccccc3)C2)n1. The van der Waals surface area contributed by atoms with Crippen LogP contribution >= 0.6 is 0 Å². The van der Waals surface area contributed by atoms with Crippen LogP contribution in [-0.4, -0.2) is 54.3 Å². The number of piperidine rings is 1. The number of ether oxygens (including phenoxy) is 1. The maximum Gasteiger partial charge on any atom is 0.238 e. The Balaban J connectivity index is 1.59. The number of nitrogens with zero attached hydrogens (tertiary/aromatic N) is 6. The second-order valence-electron chi connectivity index (χ2n) is 6.67. The van der Waals surface area contributed by atoms with Crippen LogP contribution in [0.15, 0.2) is 30.3 Å². The van der Waals surface area contributed by atoms with E-state index in [0.717, 1.165) is 39.0 Å². The highest BCUT2D eigenvalue weighted by molar-refractivity contribution is 5.42. The zero-order valence-corrected chi connectivity index (χ0v) is 14.7. The van der Waals surface area contributed by atoms with Crippen LogP contribution in [0.1, 0.15) is 30.1 Å². The summed E-state index contributed by atoms with van der Waals surface area (Å²) in [5, 5.41) is 9.35. The molecule has 1 aromatic carbocycles. The molecule has 0 saturated carbocycles. The molecule has 7 nitrogen and oxygen atoms in total. The fourth-order valence-electron chi connectivity index (χ4n) is 3.61. The first kappa shape index (κ1) is 16.7. The molecule has 0 aliphatic carbocycles. The molecular formula is C19H22N6O. The molecule has 2 fully saturated rings. The van der Waals surface area contributed by atoms with Gasteiger partial charge in [0, 0.05) is 32.1 Å². The van der Waals surface area contributed by atoms with Gasteiger partial charge in [-0.1, -0.05) is 30.3 Å². The Morgan fingerprint density at radius 1 is 0.962 bits per heavy atom. The van der Waals surface area contributed by atoms with Crippen molar-refractivity contribution in [2.24, 2.45) is 0 Å². The molecule has 0 bridgehead atoms. The molecule has 0 amide bonds. The van der Waals surface area contributed by atoms with Crippen LogP contribution in [0, 0.1) is 11.3 Å². The van der Waals surface area contributed by atoms with Gasteiger partial charge < -0.3 is 14.5 Å². The van der Waals surface area contributed by atoms with Gasteiger partial charge in [0.2, 0.25) is 17.7 Å². The van der Waals surface area contributed by atoms with Gasteiger partial charge >= 0.3 is 0 Å². The smallest absolute Gasteiger partial charge is 0.238 e. The average molecular weight is 350 g/mol. The molecule has 1 aromatic heterocycles. The molecule has 2 aromatic rings. The van der Waals surface area contributed by atoms with Crippen LogP contribution in [0.5, 0.6) is 0 Å². The molecule has 1 atom stereocenters. The second kappa shape index (κ2) is 7.67. The molecule has 0 radical (unpaired) electrons. The van der Waals surface area contributed by atoms with Crippen molar-refractivity contribution in [2.75, 3.05) is 49.2 Å². The molecule has 4 rings (SSSR count). The first-order valence-electron chi connectivity index (χ1n) is 9.12. The normalized spacial score (nSPS) is 20.7. The van der Waals surface area contributed by atoms with Gasteiger partial charge in [-0.25, -0.2) is 0 Å². The molecule has 1 unspecified atom stereocenters. The second-order valence-corrected chi connectivity index (χ2v) is 6.67. The lowest BCUT2D eigenvalue weighted by Crippen LogP contribution is -2.39. The van der Waals surface area contributed by atoms with E-state index in [1.807, 2.05) is 6.07 Å². The summed E-state index contributed by atoms with van der Waals surface area (Å²) in [6.45, 7) is 4.55. The van der Waals surface area contributed by atoms with Gasteiger partial charge in [-0.2, -0.15) is 20.2 Å². The van der Waals surface area contributed by atoms with Crippen molar-refractivity contribution in [2.45, 2.75) is 18.8 Å². The minimum atomic E-state index is 0.179. The standard InChI is InChI=1S/C19H22N6O/c20-13-17-21-18(24-9-11-26-12-10-24)23-19(22-17)25-8-4-7-16(14-25)15-5-2-1-3-6-15/h1-3,5-6,16H,4,7-12,14H2. The Morgan fingerprint density at radius 3 is 2.42 bits per heavy atom. The molecule has 2 aliphatic rings. The van der Waals surface area contributed by atoms with Crippen LogP contribution in [-0.2, 0) is 4.74 Å². The number of benzene rings is 1. The molecule has 0 N–H and O–H groups in total. The zero-order valence-electron chi connectivity index (χ0n) is 14.7. The number of morpholine rings is 1. The van der Waals surface area contributed by atoms with E-state index in [9.17, 15) is 5.26 Å². The lowest BCUT2D eigenvalue weighted by molar-refractivity contribution is 0.122. The summed E-state index contributed by atoms with van der Waals surface area (Å²) in [5.41, 5.74) is 1.35. The van der Waals surface area contributed by atoms with Gasteiger partial charge in [-0.05, 0) is 18.4 Å². The maximum absolute atomic E-state index is 9.35. The lowest BCUT2D eigenvalue weighted by atomic mass is 9.91. The van der Waals surface area contributed by atoms with E-state index >= 15 is 0 Å². The molecule has 7 heteroatoms. The van der Waals surface area contributed by atoms with Gasteiger partial charge in [-0.15, -0.1) is 0 Å². The third-order valence-corrected chi connectivity index (χ3v) is 4.98. The number of aromatic nitrogens is 3. The molecule has 3 heterocycles. The van der Waals surface area contributed by atoms with Gasteiger partial charge in [0.25, 0.3) is 0 Å². The molecule has 2 saturated heterocycles. The Hall–Kier alpha value is -2.72. The van der Waals surface area contributed by atoms with Crippen LogP contribution < -0.4 is 9.80 Å². The predicted octanol–water partition coefficient (Wildman–Crippen LogP) is 1.96. The van der Waals surface area contributed by atoms with Crippen molar-refractivity contribution < 1.29 is 4.74 Å². The van der Waals surface area contributed by atoms with Crippen molar-refractivity contribution in [1.82, 2.24) is 15.0 Å². The van der Waals surface area contributed by atoms with Crippen LogP contribution in [0.3, 0.4) is 0 Å². The summed E-state index contributed by atoms with van der Waals surface area (Å²) < 4.78 is 5.40. The van der Waals surface area contributed by atoms with Crippen molar-refractivity contribution in [1.29, 1.82) is 5.26 Å². The first-order valence-corrected chi connectivity index (χ1v) is 9.12. The highest BCUT2D eigenvalue weighted by Gasteiger charge is 2.25. The number of nitriles is 1. The predicted molar refractivity (Wildman–Crippen MR) is 98.2 cm³/mol. The van der Waals surface area contributed by atoms with Gasteiger partial charge in [0.05, 0.1) is 13.2 Å². The quantitative estimate of drug-likeness (QED) is 0.837. The topological polar surface area (TPSA) is 78.2 Å². The Morgan fingerprint density at radius 2 is 1.69 bits per heavy atom. The summed E-state index contributed by atoms with van der Waals surface area (Å²) in [6, 6.07) is 12.7. The first-order chi connectivity index (χ1) is 12.8. The highest BCUT2D eigenvalue weighted by Crippen LogP contribution is 2.29. The number of rotatable bonds is 3. The van der Waals surface area contributed by atoms with E-state index in [4.69, 9.17) is 4.74 Å². The minimum Gasteiger partial charge on any atom is -0.378 e. The summed E-state index contributed by atoms with van der Waals surface area (Å²) in [5.74, 6) is 1.83. The summed E-state index contributed by atoms with van der Waals surface area (Å²) in [7, 11) is 0. The zero-order chi connectivity index (χ0) is 17.8. The molecule has 134 valence electrons. The largest absolute Gasteiger partial charge is 0.378 e. The van der Waals surface area contributed by atoms with E-state index in [1.165, 1.54) is 5.56 Å². The molecule has 26 heavy (non-hydrogen) atoms. The third kappa shape index (κ3) is 3.60. The van der Waals surface area contributed by atoms with Crippen molar-refractivity contribution in [3.63, 3.8) is 0 Å². The Bertz CT molecular complexity index is 784. The average Bonchev–Trinajstić information content (AvgIpc) is 2.75. The van der Waals surface area contributed by atoms with E-state index < -0.39 is 0 Å². The van der Waals surface area contributed by atoms with E-state index in [-0.39, 0.29) is 5.82 Å². The molecular weight excluding hydrogens is 328 g/mol. The summed E-state index contributed by atoms with van der Waals surface area (Å²) in [4.78, 5) is 17.6. The number of hydrogen-bond acceptors (Lipinski definition) is 7. The Kier molecular flexibility index (Phi) is 4.93. The lowest BCUT2D eigenvalue weighted by Gasteiger charge is -2.34. The maximum atomic E-state index is 9.35. The minimum absolute atomic E-state index is 0.179. The van der Waals surface area contributed by atoms with Gasteiger partial charge in [0.1, 0.15) is 6.07 Å². The monoisotopic (exact) mass is 350 g/mol. The molecule has 0 spiro atoms. The Labute approximate surface area is 153 Å². The van der Waals surface area contributed by atoms with Crippen molar-refractivity contribution in [3.05, 3.63) is 41.7 Å². The highest BCUT2D eigenvalue weighted by atomic mass is 16.5. The fourth-order valence-corrected chi connectivity index (χ4v) is 3.61. The van der Waals surface area contributed by atoms with Crippen LogP contribution in [0.2, 0.25) is 0 Å². The summed E-state index contributed by atoms with van der Waals surface area (Å²) in [6.07, 6.45) is 2.24. The van der Waals surface area contributed by atoms with E-state index in [2.05, 4.69) is 55.1 Å². The van der Waals surface area contributed by atoms with Gasteiger partial charge in [-0.3, -0.25) is 0 Å². The van der Waals surface area contributed by atoms with Crippen LogP contribution in [0.25, 0.3) is 0 Å².